The lowest BCUT2D eigenvalue weighted by Crippen LogP contribution is -2.41. The first-order valence-corrected chi connectivity index (χ1v) is 14.6. The van der Waals surface area contributed by atoms with Crippen LogP contribution in [0, 0.1) is 5.41 Å². The highest BCUT2D eigenvalue weighted by Crippen LogP contribution is 2.32. The molecule has 2 fully saturated rings. The van der Waals surface area contributed by atoms with E-state index in [9.17, 15) is 49.2 Å². The van der Waals surface area contributed by atoms with Gasteiger partial charge in [-0.2, -0.15) is 0 Å². The van der Waals surface area contributed by atoms with Crippen LogP contribution in [-0.4, -0.2) is 111 Å². The van der Waals surface area contributed by atoms with E-state index in [-0.39, 0.29) is 16.7 Å². The molecule has 0 unspecified atom stereocenters. The summed E-state index contributed by atoms with van der Waals surface area (Å²) in [6, 6.07) is 7.96. The number of aliphatic hydroxyl groups excluding tert-OH is 6. The summed E-state index contributed by atoms with van der Waals surface area (Å²) in [6.45, 7) is 3.72. The number of carbonyl (C=O) groups excluding carboxylic acids is 2. The Balaban J connectivity index is 0.000000218. The minimum absolute atomic E-state index is 0.176. The van der Waals surface area contributed by atoms with Gasteiger partial charge in [-0.15, -0.1) is 0 Å². The fourth-order valence-electron chi connectivity index (χ4n) is 5.07. The Morgan fingerprint density at radius 3 is 1.52 bits per heavy atom. The molecule has 3 aromatic rings. The molecule has 0 aliphatic carbocycles. The maximum absolute atomic E-state index is 12.5. The standard InChI is InChI=1S/C16H16N2O7.C14H20N2O7/c19-7-10-11(20)12(21)13(25-10)9-6-18(16(24)17-14(9)22)15(23)8-4-2-1-3-5-8;1-14(2,3)12(21)16-4-6(11(20)15-13(16)22)10-9(19)8(18)7(5-17)23-10/h1-6,10-13,19-21H,7H2,(H,17,22,24);4,7-10,17-19H,5H2,1-3H3,(H,15,20,22)/t10-,11-,12-,13+;7-,8-,9-,10+/m11/s1. The molecule has 2 aromatic heterocycles. The third-order valence-corrected chi connectivity index (χ3v) is 7.74. The molecule has 2 aliphatic rings. The van der Waals surface area contributed by atoms with Gasteiger partial charge < -0.3 is 40.1 Å². The molecule has 5 rings (SSSR count). The van der Waals surface area contributed by atoms with Crippen molar-refractivity contribution < 1.29 is 49.7 Å². The van der Waals surface area contributed by atoms with Gasteiger partial charge in [0.05, 0.1) is 24.3 Å². The highest BCUT2D eigenvalue weighted by molar-refractivity contribution is 5.95. The van der Waals surface area contributed by atoms with Crippen LogP contribution in [0.5, 0.6) is 0 Å². The second kappa shape index (κ2) is 14.4. The number of hydrogen-bond donors (Lipinski definition) is 8. The summed E-state index contributed by atoms with van der Waals surface area (Å²) in [7, 11) is 0. The highest BCUT2D eigenvalue weighted by atomic mass is 16.6. The molecule has 0 bridgehead atoms. The third kappa shape index (κ3) is 7.20. The van der Waals surface area contributed by atoms with Crippen LogP contribution in [0.25, 0.3) is 0 Å². The number of aromatic nitrogens is 4. The number of benzene rings is 1. The van der Waals surface area contributed by atoms with Crippen molar-refractivity contribution in [3.05, 3.63) is 101 Å². The molecule has 8 atom stereocenters. The number of aromatic amines is 2. The van der Waals surface area contributed by atoms with Crippen LogP contribution in [0.3, 0.4) is 0 Å². The van der Waals surface area contributed by atoms with Crippen molar-refractivity contribution in [1.29, 1.82) is 0 Å². The first kappa shape index (κ1) is 36.4. The zero-order valence-electron chi connectivity index (χ0n) is 25.9. The van der Waals surface area contributed by atoms with E-state index in [0.717, 1.165) is 17.0 Å². The molecule has 4 heterocycles. The molecular weight excluding hydrogens is 640 g/mol. The number of hydrogen-bond acceptors (Lipinski definition) is 14. The van der Waals surface area contributed by atoms with Gasteiger partial charge in [0.15, 0.2) is 0 Å². The summed E-state index contributed by atoms with van der Waals surface area (Å²) in [5.74, 6) is -1.22. The lowest BCUT2D eigenvalue weighted by Gasteiger charge is -2.19. The number of nitrogens with zero attached hydrogens (tertiary/aromatic N) is 2. The molecule has 8 N–H and O–H groups in total. The molecule has 18 heteroatoms. The molecule has 2 saturated heterocycles. The lowest BCUT2D eigenvalue weighted by atomic mass is 9.95. The number of aliphatic hydroxyl groups is 6. The van der Waals surface area contributed by atoms with Crippen molar-refractivity contribution in [3.8, 4) is 0 Å². The molecule has 0 spiro atoms. The van der Waals surface area contributed by atoms with Crippen molar-refractivity contribution in [3.63, 3.8) is 0 Å². The molecule has 48 heavy (non-hydrogen) atoms. The Kier molecular flexibility index (Phi) is 10.9. The predicted molar refractivity (Wildman–Crippen MR) is 162 cm³/mol. The van der Waals surface area contributed by atoms with Gasteiger partial charge in [0, 0.05) is 23.4 Å². The number of carbonyl (C=O) groups is 2. The Morgan fingerprint density at radius 2 is 1.12 bits per heavy atom. The Labute approximate surface area is 270 Å². The van der Waals surface area contributed by atoms with Gasteiger partial charge in [-0.25, -0.2) is 18.7 Å². The zero-order chi connectivity index (χ0) is 35.7. The maximum Gasteiger partial charge on any atom is 0.335 e. The van der Waals surface area contributed by atoms with Gasteiger partial charge in [-0.1, -0.05) is 39.0 Å². The van der Waals surface area contributed by atoms with E-state index >= 15 is 0 Å². The van der Waals surface area contributed by atoms with Crippen molar-refractivity contribution in [2.45, 2.75) is 69.6 Å². The number of nitrogens with one attached hydrogen (secondary N) is 2. The van der Waals surface area contributed by atoms with Crippen LogP contribution in [0.15, 0.2) is 61.9 Å². The Hall–Kier alpha value is -4.40. The van der Waals surface area contributed by atoms with E-state index in [0.29, 0.717) is 4.57 Å². The van der Waals surface area contributed by atoms with E-state index in [1.54, 1.807) is 39.0 Å². The van der Waals surface area contributed by atoms with E-state index in [1.807, 2.05) is 9.97 Å². The quantitative estimate of drug-likeness (QED) is 0.132. The van der Waals surface area contributed by atoms with Crippen LogP contribution in [-0.2, 0) is 9.47 Å². The fraction of sp³-hybridized carbons (Fsp3) is 0.467. The van der Waals surface area contributed by atoms with Gasteiger partial charge in [0.2, 0.25) is 5.91 Å². The van der Waals surface area contributed by atoms with Crippen LogP contribution < -0.4 is 22.5 Å². The smallest absolute Gasteiger partial charge is 0.335 e. The molecule has 18 nitrogen and oxygen atoms in total. The molecular formula is C30H36N4O14. The van der Waals surface area contributed by atoms with E-state index < -0.39 is 102 Å². The fourth-order valence-corrected chi connectivity index (χ4v) is 5.07. The van der Waals surface area contributed by atoms with Crippen LogP contribution >= 0.6 is 0 Å². The monoisotopic (exact) mass is 676 g/mol. The molecule has 2 aliphatic heterocycles. The van der Waals surface area contributed by atoms with Crippen molar-refractivity contribution in [2.75, 3.05) is 13.2 Å². The molecule has 0 amide bonds. The van der Waals surface area contributed by atoms with E-state index in [2.05, 4.69) is 0 Å². The SMILES string of the molecule is CC(C)(C)C(=O)n1cc([C@@H]2O[C@H](CO)[C@@H](O)[C@H]2O)c(=O)[nH]c1=O.O=C(c1ccccc1)n1cc([C@@H]2O[C@H](CO)[C@@H](O)[C@H]2O)c(=O)[nH]c1=O. The molecule has 0 radical (unpaired) electrons. The lowest BCUT2D eigenvalue weighted by molar-refractivity contribution is -0.0233. The zero-order valence-corrected chi connectivity index (χ0v) is 25.9. The first-order valence-electron chi connectivity index (χ1n) is 14.6. The summed E-state index contributed by atoms with van der Waals surface area (Å²) >= 11 is 0. The first-order chi connectivity index (χ1) is 22.5. The molecule has 260 valence electrons. The summed E-state index contributed by atoms with van der Waals surface area (Å²) in [6.07, 6.45) is -8.44. The topological polar surface area (TPSA) is 284 Å². The van der Waals surface area contributed by atoms with Gasteiger partial charge >= 0.3 is 11.4 Å². The molecule has 1 aromatic carbocycles. The van der Waals surface area contributed by atoms with Crippen LogP contribution in [0.2, 0.25) is 0 Å². The summed E-state index contributed by atoms with van der Waals surface area (Å²) in [5.41, 5.74) is -4.54. The Morgan fingerprint density at radius 1 is 0.708 bits per heavy atom. The average molecular weight is 677 g/mol. The second-order valence-corrected chi connectivity index (χ2v) is 12.2. The van der Waals surface area contributed by atoms with E-state index in [1.165, 1.54) is 12.1 Å². The van der Waals surface area contributed by atoms with Crippen molar-refractivity contribution >= 4 is 11.8 Å². The maximum atomic E-state index is 12.5. The predicted octanol–water partition coefficient (Wildman–Crippen LogP) is -3.24. The van der Waals surface area contributed by atoms with E-state index in [4.69, 9.17) is 19.7 Å². The number of ether oxygens (including phenoxy) is 2. The normalized spacial score (nSPS) is 26.9. The van der Waals surface area contributed by atoms with Gasteiger partial charge in [-0.05, 0) is 12.1 Å². The molecule has 0 saturated carbocycles. The minimum Gasteiger partial charge on any atom is -0.394 e. The highest BCUT2D eigenvalue weighted by Gasteiger charge is 2.45. The average Bonchev–Trinajstić information content (AvgIpc) is 3.50. The largest absolute Gasteiger partial charge is 0.394 e. The van der Waals surface area contributed by atoms with Gasteiger partial charge in [0.1, 0.15) is 48.8 Å². The Bertz CT molecular complexity index is 1880. The van der Waals surface area contributed by atoms with Gasteiger partial charge in [0.25, 0.3) is 17.0 Å². The minimum atomic E-state index is -1.49. The van der Waals surface area contributed by atoms with Crippen LogP contribution in [0.4, 0.5) is 0 Å². The summed E-state index contributed by atoms with van der Waals surface area (Å²) < 4.78 is 12.0. The van der Waals surface area contributed by atoms with Crippen molar-refractivity contribution in [2.24, 2.45) is 5.41 Å². The summed E-state index contributed by atoms with van der Waals surface area (Å²) in [4.78, 5) is 76.6. The van der Waals surface area contributed by atoms with Crippen LogP contribution in [0.1, 0.15) is 59.3 Å². The second-order valence-electron chi connectivity index (χ2n) is 12.2. The van der Waals surface area contributed by atoms with Gasteiger partial charge in [-0.3, -0.25) is 29.1 Å². The number of H-pyrrole nitrogens is 2. The van der Waals surface area contributed by atoms with Crippen molar-refractivity contribution in [1.82, 2.24) is 19.1 Å². The summed E-state index contributed by atoms with van der Waals surface area (Å²) in [5, 5.41) is 57.8. The third-order valence-electron chi connectivity index (χ3n) is 7.74. The number of rotatable bonds is 5.